The summed E-state index contributed by atoms with van der Waals surface area (Å²) in [4.78, 5) is 24.8. The van der Waals surface area contributed by atoms with E-state index in [2.05, 4.69) is 15.2 Å². The number of rotatable bonds is 2. The average molecular weight is 344 g/mol. The number of nitrogens with one attached hydrogen (secondary N) is 1. The number of aromatic hydroxyl groups is 1. The Kier molecular flexibility index (Phi) is 3.88. The SMILES string of the molecule is Cc1ccc(O)c([C@H]2CC(=O)NCc3nc(N4CCCC4)sc32)n1. The van der Waals surface area contributed by atoms with Crippen molar-refractivity contribution in [2.75, 3.05) is 18.0 Å². The molecule has 1 amide bonds. The van der Waals surface area contributed by atoms with Gasteiger partial charge in [0.25, 0.3) is 0 Å². The lowest BCUT2D eigenvalue weighted by atomic mass is 9.97. The summed E-state index contributed by atoms with van der Waals surface area (Å²) in [5.74, 6) is -0.130. The average Bonchev–Trinajstić information content (AvgIpc) is 3.20. The first kappa shape index (κ1) is 15.4. The molecule has 1 fully saturated rings. The van der Waals surface area contributed by atoms with E-state index in [-0.39, 0.29) is 17.6 Å². The van der Waals surface area contributed by atoms with Crippen LogP contribution in [0.4, 0.5) is 5.13 Å². The number of thiazole rings is 1. The van der Waals surface area contributed by atoms with Crippen molar-refractivity contribution in [3.63, 3.8) is 0 Å². The summed E-state index contributed by atoms with van der Waals surface area (Å²) in [6.07, 6.45) is 2.69. The fourth-order valence-electron chi connectivity index (χ4n) is 3.37. The predicted molar refractivity (Wildman–Crippen MR) is 92.5 cm³/mol. The van der Waals surface area contributed by atoms with Crippen LogP contribution >= 0.6 is 11.3 Å². The van der Waals surface area contributed by atoms with Gasteiger partial charge in [-0.2, -0.15) is 0 Å². The topological polar surface area (TPSA) is 78.3 Å². The molecule has 1 atom stereocenters. The zero-order valence-corrected chi connectivity index (χ0v) is 14.4. The number of anilines is 1. The molecule has 0 bridgehead atoms. The second kappa shape index (κ2) is 6.05. The molecule has 0 spiro atoms. The molecule has 0 saturated carbocycles. The minimum absolute atomic E-state index is 0.0318. The molecule has 0 unspecified atom stereocenters. The minimum atomic E-state index is -0.240. The van der Waals surface area contributed by atoms with Gasteiger partial charge in [-0.05, 0) is 31.9 Å². The van der Waals surface area contributed by atoms with E-state index in [9.17, 15) is 9.90 Å². The monoisotopic (exact) mass is 344 g/mol. The molecular formula is C17H20N4O2S. The van der Waals surface area contributed by atoms with Crippen LogP contribution in [-0.2, 0) is 11.3 Å². The minimum Gasteiger partial charge on any atom is -0.506 e. The van der Waals surface area contributed by atoms with E-state index in [4.69, 9.17) is 4.98 Å². The lowest BCUT2D eigenvalue weighted by Gasteiger charge is -2.15. The molecule has 126 valence electrons. The van der Waals surface area contributed by atoms with E-state index in [1.165, 1.54) is 12.8 Å². The van der Waals surface area contributed by atoms with E-state index < -0.39 is 0 Å². The van der Waals surface area contributed by atoms with Gasteiger partial charge in [0.15, 0.2) is 5.13 Å². The third-order valence-corrected chi connectivity index (χ3v) is 5.90. The Morgan fingerprint density at radius 2 is 2.08 bits per heavy atom. The fraction of sp³-hybridized carbons (Fsp3) is 0.471. The first-order chi connectivity index (χ1) is 11.6. The lowest BCUT2D eigenvalue weighted by molar-refractivity contribution is -0.121. The molecule has 0 radical (unpaired) electrons. The summed E-state index contributed by atoms with van der Waals surface area (Å²) in [7, 11) is 0. The Hall–Kier alpha value is -2.15. The Labute approximate surface area is 144 Å². The van der Waals surface area contributed by atoms with Crippen molar-refractivity contribution in [2.24, 2.45) is 0 Å². The maximum Gasteiger partial charge on any atom is 0.221 e. The van der Waals surface area contributed by atoms with Crippen molar-refractivity contribution in [3.8, 4) is 5.75 Å². The van der Waals surface area contributed by atoms with Crippen LogP contribution in [0.25, 0.3) is 0 Å². The van der Waals surface area contributed by atoms with Crippen molar-refractivity contribution in [1.82, 2.24) is 15.3 Å². The van der Waals surface area contributed by atoms with E-state index in [1.807, 2.05) is 6.92 Å². The fourth-order valence-corrected chi connectivity index (χ4v) is 4.61. The molecule has 4 rings (SSSR count). The van der Waals surface area contributed by atoms with Crippen LogP contribution in [0, 0.1) is 6.92 Å². The van der Waals surface area contributed by atoms with Crippen molar-refractivity contribution in [1.29, 1.82) is 0 Å². The van der Waals surface area contributed by atoms with Gasteiger partial charge in [-0.15, -0.1) is 11.3 Å². The van der Waals surface area contributed by atoms with E-state index in [0.717, 1.165) is 34.5 Å². The van der Waals surface area contributed by atoms with Gasteiger partial charge in [-0.3, -0.25) is 9.78 Å². The number of hydrogen-bond donors (Lipinski definition) is 2. The van der Waals surface area contributed by atoms with Gasteiger partial charge in [0.05, 0.1) is 23.9 Å². The summed E-state index contributed by atoms with van der Waals surface area (Å²) in [5.41, 5.74) is 2.31. The summed E-state index contributed by atoms with van der Waals surface area (Å²) in [6, 6.07) is 3.43. The molecule has 4 heterocycles. The molecule has 2 N–H and O–H groups in total. The van der Waals surface area contributed by atoms with Crippen LogP contribution in [0.5, 0.6) is 5.75 Å². The van der Waals surface area contributed by atoms with Gasteiger partial charge in [0.1, 0.15) is 5.75 Å². The molecule has 2 aromatic heterocycles. The third-order valence-electron chi connectivity index (χ3n) is 4.62. The lowest BCUT2D eigenvalue weighted by Crippen LogP contribution is -2.22. The van der Waals surface area contributed by atoms with Crippen molar-refractivity contribution in [3.05, 3.63) is 34.1 Å². The zero-order valence-electron chi connectivity index (χ0n) is 13.6. The van der Waals surface area contributed by atoms with Crippen molar-refractivity contribution in [2.45, 2.75) is 38.6 Å². The molecule has 0 aromatic carbocycles. The number of fused-ring (bicyclic) bond motifs is 1. The molecule has 2 aliphatic heterocycles. The number of carbonyl (C=O) groups is 1. The highest BCUT2D eigenvalue weighted by atomic mass is 32.1. The molecular weight excluding hydrogens is 324 g/mol. The van der Waals surface area contributed by atoms with Crippen LogP contribution in [0.2, 0.25) is 0 Å². The zero-order chi connectivity index (χ0) is 16.7. The first-order valence-corrected chi connectivity index (χ1v) is 9.11. The predicted octanol–water partition coefficient (Wildman–Crippen LogP) is 2.30. The number of aryl methyl sites for hydroxylation is 1. The summed E-state index contributed by atoms with van der Waals surface area (Å²) in [6.45, 7) is 4.42. The Bertz CT molecular complexity index is 783. The second-order valence-electron chi connectivity index (χ2n) is 6.39. The van der Waals surface area contributed by atoms with Crippen LogP contribution in [0.15, 0.2) is 12.1 Å². The quantitative estimate of drug-likeness (QED) is 0.874. The van der Waals surface area contributed by atoms with Crippen molar-refractivity contribution >= 4 is 22.4 Å². The third kappa shape index (κ3) is 2.73. The number of amides is 1. The van der Waals surface area contributed by atoms with E-state index in [1.54, 1.807) is 23.5 Å². The summed E-state index contributed by atoms with van der Waals surface area (Å²) in [5, 5.41) is 14.2. The molecule has 2 aliphatic rings. The highest BCUT2D eigenvalue weighted by Crippen LogP contribution is 2.41. The van der Waals surface area contributed by atoms with Gasteiger partial charge in [0, 0.05) is 30.1 Å². The maximum absolute atomic E-state index is 12.1. The molecule has 1 saturated heterocycles. The smallest absolute Gasteiger partial charge is 0.221 e. The normalized spacial score (nSPS) is 20.6. The van der Waals surface area contributed by atoms with Crippen molar-refractivity contribution < 1.29 is 9.90 Å². The number of hydrogen-bond acceptors (Lipinski definition) is 6. The first-order valence-electron chi connectivity index (χ1n) is 8.29. The molecule has 0 aliphatic carbocycles. The molecule has 7 heteroatoms. The summed E-state index contributed by atoms with van der Waals surface area (Å²) >= 11 is 1.64. The number of carbonyl (C=O) groups excluding carboxylic acids is 1. The Morgan fingerprint density at radius 3 is 2.88 bits per heavy atom. The Balaban J connectivity index is 1.78. The van der Waals surface area contributed by atoms with Gasteiger partial charge in [-0.25, -0.2) is 4.98 Å². The molecule has 2 aromatic rings. The largest absolute Gasteiger partial charge is 0.506 e. The number of pyridine rings is 1. The van der Waals surface area contributed by atoms with Gasteiger partial charge < -0.3 is 15.3 Å². The molecule has 24 heavy (non-hydrogen) atoms. The Morgan fingerprint density at radius 1 is 1.29 bits per heavy atom. The maximum atomic E-state index is 12.1. The van der Waals surface area contributed by atoms with Crippen LogP contribution in [0.1, 0.15) is 47.1 Å². The summed E-state index contributed by atoms with van der Waals surface area (Å²) < 4.78 is 0. The van der Waals surface area contributed by atoms with Gasteiger partial charge in [-0.1, -0.05) is 0 Å². The standard InChI is InChI=1S/C17H20N4O2S/c1-10-4-5-13(22)15(19-10)11-8-14(23)18-9-12-16(11)24-17(20-12)21-6-2-3-7-21/h4-5,11,22H,2-3,6-9H2,1H3,(H,18,23)/t11-/m1/s1. The van der Waals surface area contributed by atoms with E-state index >= 15 is 0 Å². The highest BCUT2D eigenvalue weighted by Gasteiger charge is 2.32. The number of aromatic nitrogens is 2. The molecule has 6 nitrogen and oxygen atoms in total. The second-order valence-corrected chi connectivity index (χ2v) is 7.40. The van der Waals surface area contributed by atoms with E-state index in [0.29, 0.717) is 18.7 Å². The van der Waals surface area contributed by atoms with Crippen LogP contribution in [-0.4, -0.2) is 34.1 Å². The van der Waals surface area contributed by atoms with Gasteiger partial charge >= 0.3 is 0 Å². The van der Waals surface area contributed by atoms with Crippen LogP contribution in [0.3, 0.4) is 0 Å². The van der Waals surface area contributed by atoms with Crippen LogP contribution < -0.4 is 10.2 Å². The number of nitrogens with zero attached hydrogens (tertiary/aromatic N) is 3. The van der Waals surface area contributed by atoms with Gasteiger partial charge in [0.2, 0.25) is 5.91 Å². The highest BCUT2D eigenvalue weighted by molar-refractivity contribution is 7.15.